The van der Waals surface area contributed by atoms with Crippen molar-refractivity contribution in [2.45, 2.75) is 33.0 Å². The predicted molar refractivity (Wildman–Crippen MR) is 98.5 cm³/mol. The molecule has 4 rings (SSSR count). The molecule has 3 N–H and O–H groups in total. The molecule has 5 heteroatoms. The van der Waals surface area contributed by atoms with Crippen LogP contribution in [0.25, 0.3) is 11.0 Å². The zero-order valence-corrected chi connectivity index (χ0v) is 14.3. The van der Waals surface area contributed by atoms with Crippen molar-refractivity contribution in [2.24, 2.45) is 0 Å². The summed E-state index contributed by atoms with van der Waals surface area (Å²) in [5, 5.41) is 10.2. The van der Waals surface area contributed by atoms with Gasteiger partial charge in [0.25, 0.3) is 0 Å². The zero-order chi connectivity index (χ0) is 17.4. The number of fused-ring (bicyclic) bond motifs is 2. The number of furan rings is 1. The number of hydrogen-bond acceptors (Lipinski definition) is 3. The lowest BCUT2D eigenvalue weighted by Gasteiger charge is -2.14. The van der Waals surface area contributed by atoms with Gasteiger partial charge in [-0.2, -0.15) is 0 Å². The number of urea groups is 1. The van der Waals surface area contributed by atoms with Crippen LogP contribution in [0.5, 0.6) is 0 Å². The van der Waals surface area contributed by atoms with Crippen molar-refractivity contribution in [2.75, 3.05) is 5.32 Å². The Bertz CT molecular complexity index is 945. The first kappa shape index (κ1) is 15.7. The summed E-state index contributed by atoms with van der Waals surface area (Å²) in [6.45, 7) is 5.69. The normalized spacial score (nSPS) is 14.3. The minimum atomic E-state index is -0.238. The Kier molecular flexibility index (Phi) is 3.93. The van der Waals surface area contributed by atoms with Crippen LogP contribution >= 0.6 is 0 Å². The molecule has 0 aliphatic carbocycles. The Morgan fingerprint density at radius 3 is 2.80 bits per heavy atom. The highest BCUT2D eigenvalue weighted by Crippen LogP contribution is 2.29. The standard InChI is InChI=1S/C20H21N3O2/c1-12-17-5-3-4-6-18(17)25-19(12)13(2)22-20(24)23-16-8-7-14-10-21-11-15(14)9-16/h3-9,13,21H,10-11H2,1-2H3,(H2,22,23,24). The van der Waals surface area contributed by atoms with Crippen molar-refractivity contribution in [3.63, 3.8) is 0 Å². The van der Waals surface area contributed by atoms with Crippen LogP contribution in [0.1, 0.15) is 35.4 Å². The van der Waals surface area contributed by atoms with E-state index in [-0.39, 0.29) is 12.1 Å². The molecule has 5 nitrogen and oxygen atoms in total. The summed E-state index contributed by atoms with van der Waals surface area (Å²) in [4.78, 5) is 12.3. The van der Waals surface area contributed by atoms with Crippen LogP contribution in [0.4, 0.5) is 10.5 Å². The molecular formula is C20H21N3O2. The third-order valence-electron chi connectivity index (χ3n) is 4.72. The van der Waals surface area contributed by atoms with E-state index in [4.69, 9.17) is 4.42 Å². The van der Waals surface area contributed by atoms with Gasteiger partial charge in [-0.25, -0.2) is 4.79 Å². The third kappa shape index (κ3) is 2.98. The molecule has 3 aromatic rings. The summed E-state index contributed by atoms with van der Waals surface area (Å²) in [6, 6.07) is 13.5. The summed E-state index contributed by atoms with van der Waals surface area (Å²) >= 11 is 0. The van der Waals surface area contributed by atoms with Gasteiger partial charge in [0.1, 0.15) is 11.3 Å². The van der Waals surface area contributed by atoms with Crippen molar-refractivity contribution in [1.29, 1.82) is 0 Å². The summed E-state index contributed by atoms with van der Waals surface area (Å²) in [5.41, 5.74) is 5.23. The average Bonchev–Trinajstić information content (AvgIpc) is 3.19. The summed E-state index contributed by atoms with van der Waals surface area (Å²) < 4.78 is 5.92. The second-order valence-corrected chi connectivity index (χ2v) is 6.49. The number of carbonyl (C=O) groups is 1. The molecule has 2 aromatic carbocycles. The maximum atomic E-state index is 12.3. The van der Waals surface area contributed by atoms with Crippen LogP contribution in [0.15, 0.2) is 46.9 Å². The van der Waals surface area contributed by atoms with Gasteiger partial charge in [-0.15, -0.1) is 0 Å². The molecular weight excluding hydrogens is 314 g/mol. The Morgan fingerprint density at radius 1 is 1.16 bits per heavy atom. The Morgan fingerprint density at radius 2 is 1.96 bits per heavy atom. The number of carbonyl (C=O) groups excluding carboxylic acids is 1. The molecule has 1 aromatic heterocycles. The lowest BCUT2D eigenvalue weighted by molar-refractivity contribution is 0.248. The van der Waals surface area contributed by atoms with Gasteiger partial charge in [0.15, 0.2) is 0 Å². The lowest BCUT2D eigenvalue weighted by Crippen LogP contribution is -2.31. The minimum absolute atomic E-state index is 0.219. The molecule has 0 saturated heterocycles. The highest BCUT2D eigenvalue weighted by atomic mass is 16.3. The van der Waals surface area contributed by atoms with E-state index in [9.17, 15) is 4.79 Å². The number of amides is 2. The fourth-order valence-corrected chi connectivity index (χ4v) is 3.41. The summed E-state index contributed by atoms with van der Waals surface area (Å²) in [7, 11) is 0. The Labute approximate surface area is 146 Å². The van der Waals surface area contributed by atoms with Crippen molar-refractivity contribution in [3.8, 4) is 0 Å². The number of hydrogen-bond donors (Lipinski definition) is 3. The molecule has 2 heterocycles. The van der Waals surface area contributed by atoms with E-state index in [2.05, 4.69) is 22.0 Å². The Hall–Kier alpha value is -2.79. The van der Waals surface area contributed by atoms with Crippen molar-refractivity contribution in [1.82, 2.24) is 10.6 Å². The molecule has 1 aliphatic heterocycles. The highest BCUT2D eigenvalue weighted by molar-refractivity contribution is 5.90. The maximum Gasteiger partial charge on any atom is 0.319 e. The molecule has 1 unspecified atom stereocenters. The molecule has 1 aliphatic rings. The van der Waals surface area contributed by atoms with Gasteiger partial charge in [0, 0.05) is 29.7 Å². The van der Waals surface area contributed by atoms with Gasteiger partial charge in [-0.3, -0.25) is 0 Å². The lowest BCUT2D eigenvalue weighted by atomic mass is 10.1. The zero-order valence-electron chi connectivity index (χ0n) is 14.3. The van der Waals surface area contributed by atoms with Crippen LogP contribution < -0.4 is 16.0 Å². The van der Waals surface area contributed by atoms with Gasteiger partial charge in [-0.1, -0.05) is 24.3 Å². The van der Waals surface area contributed by atoms with Crippen LogP contribution in [0, 0.1) is 6.92 Å². The Balaban J connectivity index is 1.47. The van der Waals surface area contributed by atoms with Crippen LogP contribution in [0.3, 0.4) is 0 Å². The molecule has 0 radical (unpaired) electrons. The molecule has 25 heavy (non-hydrogen) atoms. The first-order valence-corrected chi connectivity index (χ1v) is 8.50. The van der Waals surface area contributed by atoms with E-state index in [1.54, 1.807) is 0 Å². The van der Waals surface area contributed by atoms with E-state index in [1.165, 1.54) is 11.1 Å². The molecule has 2 amide bonds. The largest absolute Gasteiger partial charge is 0.459 e. The maximum absolute atomic E-state index is 12.3. The van der Waals surface area contributed by atoms with Gasteiger partial charge >= 0.3 is 6.03 Å². The van der Waals surface area contributed by atoms with Crippen molar-refractivity contribution >= 4 is 22.7 Å². The smallest absolute Gasteiger partial charge is 0.319 e. The van der Waals surface area contributed by atoms with E-state index in [1.807, 2.05) is 50.2 Å². The van der Waals surface area contributed by atoms with Crippen molar-refractivity contribution in [3.05, 3.63) is 64.9 Å². The molecule has 0 fully saturated rings. The van der Waals surface area contributed by atoms with Gasteiger partial charge in [-0.05, 0) is 43.2 Å². The van der Waals surface area contributed by atoms with E-state index in [0.29, 0.717) is 0 Å². The number of rotatable bonds is 3. The molecule has 0 saturated carbocycles. The second-order valence-electron chi connectivity index (χ2n) is 6.49. The molecule has 128 valence electrons. The number of benzene rings is 2. The predicted octanol–water partition coefficient (Wildman–Crippen LogP) is 4.23. The molecule has 1 atom stereocenters. The van der Waals surface area contributed by atoms with Gasteiger partial charge < -0.3 is 20.4 Å². The highest BCUT2D eigenvalue weighted by Gasteiger charge is 2.18. The number of para-hydroxylation sites is 1. The third-order valence-corrected chi connectivity index (χ3v) is 4.72. The van der Waals surface area contributed by atoms with Crippen LogP contribution in [-0.2, 0) is 13.1 Å². The first-order chi connectivity index (χ1) is 12.1. The minimum Gasteiger partial charge on any atom is -0.459 e. The fourth-order valence-electron chi connectivity index (χ4n) is 3.41. The summed E-state index contributed by atoms with van der Waals surface area (Å²) in [6.07, 6.45) is 0. The van der Waals surface area contributed by atoms with Crippen LogP contribution in [0.2, 0.25) is 0 Å². The number of nitrogens with one attached hydrogen (secondary N) is 3. The van der Waals surface area contributed by atoms with E-state index < -0.39 is 0 Å². The summed E-state index contributed by atoms with van der Waals surface area (Å²) in [5.74, 6) is 0.787. The topological polar surface area (TPSA) is 66.3 Å². The second kappa shape index (κ2) is 6.26. The van der Waals surface area contributed by atoms with Gasteiger partial charge in [0.2, 0.25) is 0 Å². The van der Waals surface area contributed by atoms with Crippen LogP contribution in [-0.4, -0.2) is 6.03 Å². The number of anilines is 1. The van der Waals surface area contributed by atoms with E-state index >= 15 is 0 Å². The number of aryl methyl sites for hydroxylation is 1. The van der Waals surface area contributed by atoms with E-state index in [0.717, 1.165) is 41.1 Å². The quantitative estimate of drug-likeness (QED) is 0.671. The average molecular weight is 335 g/mol. The van der Waals surface area contributed by atoms with Gasteiger partial charge in [0.05, 0.1) is 6.04 Å². The molecule has 0 spiro atoms. The monoisotopic (exact) mass is 335 g/mol. The first-order valence-electron chi connectivity index (χ1n) is 8.50. The SMILES string of the molecule is Cc1c(C(C)NC(=O)Nc2ccc3c(c2)CNC3)oc2ccccc12. The van der Waals surface area contributed by atoms with Crippen molar-refractivity contribution < 1.29 is 9.21 Å². The fraction of sp³-hybridized carbons (Fsp3) is 0.250. The molecule has 0 bridgehead atoms.